The SMILES string of the molecule is C[C@@H](O)C#Cc1ccsc1. The zero-order valence-electron chi connectivity index (χ0n) is 5.66. The van der Waals surface area contributed by atoms with Gasteiger partial charge in [0.2, 0.25) is 0 Å². The zero-order chi connectivity index (χ0) is 7.40. The number of aliphatic hydroxyl groups is 1. The van der Waals surface area contributed by atoms with Crippen molar-refractivity contribution in [2.45, 2.75) is 13.0 Å². The first kappa shape index (κ1) is 7.33. The van der Waals surface area contributed by atoms with E-state index in [0.717, 1.165) is 5.56 Å². The summed E-state index contributed by atoms with van der Waals surface area (Å²) < 4.78 is 0. The van der Waals surface area contributed by atoms with Gasteiger partial charge in [-0.3, -0.25) is 0 Å². The molecule has 1 rings (SSSR count). The normalized spacial score (nSPS) is 11.8. The lowest BCUT2D eigenvalue weighted by molar-refractivity contribution is 0.253. The van der Waals surface area contributed by atoms with Crippen LogP contribution in [0.2, 0.25) is 0 Å². The van der Waals surface area contributed by atoms with Gasteiger partial charge in [-0.25, -0.2) is 0 Å². The summed E-state index contributed by atoms with van der Waals surface area (Å²) in [6, 6.07) is 1.93. The fourth-order valence-corrected chi connectivity index (χ4v) is 1.11. The number of aliphatic hydroxyl groups excluding tert-OH is 1. The van der Waals surface area contributed by atoms with Crippen LogP contribution in [0.3, 0.4) is 0 Å². The largest absolute Gasteiger partial charge is 0.381 e. The van der Waals surface area contributed by atoms with E-state index in [0.29, 0.717) is 0 Å². The van der Waals surface area contributed by atoms with Crippen LogP contribution in [0, 0.1) is 11.8 Å². The highest BCUT2D eigenvalue weighted by molar-refractivity contribution is 7.08. The van der Waals surface area contributed by atoms with Crippen molar-refractivity contribution in [1.29, 1.82) is 0 Å². The summed E-state index contributed by atoms with van der Waals surface area (Å²) in [5.74, 6) is 5.49. The summed E-state index contributed by atoms with van der Waals surface area (Å²) in [6.07, 6.45) is -0.528. The first-order chi connectivity index (χ1) is 4.79. The molecule has 0 aliphatic rings. The summed E-state index contributed by atoms with van der Waals surface area (Å²) in [5.41, 5.74) is 0.978. The number of hydrogen-bond acceptors (Lipinski definition) is 2. The Morgan fingerprint density at radius 2 is 2.50 bits per heavy atom. The van der Waals surface area contributed by atoms with E-state index in [2.05, 4.69) is 11.8 Å². The molecule has 0 aromatic carbocycles. The maximum Gasteiger partial charge on any atom is 0.112 e. The van der Waals surface area contributed by atoms with E-state index in [1.54, 1.807) is 18.3 Å². The lowest BCUT2D eigenvalue weighted by Crippen LogP contribution is -1.92. The van der Waals surface area contributed by atoms with Crippen molar-refractivity contribution in [3.8, 4) is 11.8 Å². The highest BCUT2D eigenvalue weighted by Crippen LogP contribution is 2.03. The molecule has 0 spiro atoms. The second kappa shape index (κ2) is 3.40. The molecule has 0 bridgehead atoms. The van der Waals surface area contributed by atoms with Crippen molar-refractivity contribution in [3.05, 3.63) is 22.4 Å². The maximum absolute atomic E-state index is 8.78. The molecule has 2 heteroatoms. The molecule has 0 unspecified atom stereocenters. The molecule has 10 heavy (non-hydrogen) atoms. The molecule has 1 nitrogen and oxygen atoms in total. The molecule has 1 atom stereocenters. The predicted octanol–water partition coefficient (Wildman–Crippen LogP) is 1.48. The van der Waals surface area contributed by atoms with Gasteiger partial charge in [0.25, 0.3) is 0 Å². The zero-order valence-corrected chi connectivity index (χ0v) is 6.48. The summed E-state index contributed by atoms with van der Waals surface area (Å²) >= 11 is 1.61. The molecule has 0 saturated carbocycles. The fourth-order valence-electron chi connectivity index (χ4n) is 0.523. The minimum absolute atomic E-state index is 0.528. The van der Waals surface area contributed by atoms with Crippen LogP contribution < -0.4 is 0 Å². The molecular weight excluding hydrogens is 144 g/mol. The lowest BCUT2D eigenvalue weighted by atomic mass is 10.3. The second-order valence-electron chi connectivity index (χ2n) is 1.96. The van der Waals surface area contributed by atoms with Gasteiger partial charge in [-0.15, -0.1) is 0 Å². The molecule has 52 valence electrons. The molecule has 0 aliphatic carbocycles. The first-order valence-electron chi connectivity index (χ1n) is 3.01. The Bertz CT molecular complexity index is 238. The van der Waals surface area contributed by atoms with E-state index in [-0.39, 0.29) is 0 Å². The Hall–Kier alpha value is -0.780. The van der Waals surface area contributed by atoms with Gasteiger partial charge in [0.1, 0.15) is 6.10 Å². The van der Waals surface area contributed by atoms with Crippen LogP contribution in [-0.4, -0.2) is 11.2 Å². The fraction of sp³-hybridized carbons (Fsp3) is 0.250. The summed E-state index contributed by atoms with van der Waals surface area (Å²) in [7, 11) is 0. The second-order valence-corrected chi connectivity index (χ2v) is 2.74. The highest BCUT2D eigenvalue weighted by Gasteiger charge is 1.85. The Balaban J connectivity index is 2.66. The Kier molecular flexibility index (Phi) is 2.49. The third-order valence-corrected chi connectivity index (χ3v) is 1.63. The number of hydrogen-bond donors (Lipinski definition) is 1. The topological polar surface area (TPSA) is 20.2 Å². The monoisotopic (exact) mass is 152 g/mol. The van der Waals surface area contributed by atoms with E-state index in [4.69, 9.17) is 5.11 Å². The van der Waals surface area contributed by atoms with Crippen molar-refractivity contribution in [2.75, 3.05) is 0 Å². The summed E-state index contributed by atoms with van der Waals surface area (Å²) in [6.45, 7) is 1.65. The van der Waals surface area contributed by atoms with E-state index in [9.17, 15) is 0 Å². The molecule has 1 aromatic heterocycles. The molecule has 1 N–H and O–H groups in total. The molecular formula is C8H8OS. The number of rotatable bonds is 0. The smallest absolute Gasteiger partial charge is 0.112 e. The van der Waals surface area contributed by atoms with Gasteiger partial charge in [-0.1, -0.05) is 11.8 Å². The van der Waals surface area contributed by atoms with Gasteiger partial charge in [-0.05, 0) is 18.4 Å². The van der Waals surface area contributed by atoms with Gasteiger partial charge < -0.3 is 5.11 Å². The van der Waals surface area contributed by atoms with Crippen LogP contribution >= 0.6 is 11.3 Å². The third-order valence-electron chi connectivity index (χ3n) is 0.947. The summed E-state index contributed by atoms with van der Waals surface area (Å²) in [4.78, 5) is 0. The summed E-state index contributed by atoms with van der Waals surface area (Å²) in [5, 5.41) is 12.7. The minimum atomic E-state index is -0.528. The van der Waals surface area contributed by atoms with Gasteiger partial charge in [-0.2, -0.15) is 11.3 Å². The van der Waals surface area contributed by atoms with Gasteiger partial charge in [0, 0.05) is 10.9 Å². The van der Waals surface area contributed by atoms with Gasteiger partial charge in [0.05, 0.1) is 0 Å². The molecule has 0 saturated heterocycles. The predicted molar refractivity (Wildman–Crippen MR) is 42.9 cm³/mol. The van der Waals surface area contributed by atoms with Crippen LogP contribution in [0.15, 0.2) is 16.8 Å². The van der Waals surface area contributed by atoms with E-state index in [1.165, 1.54) is 0 Å². The van der Waals surface area contributed by atoms with Gasteiger partial charge in [0.15, 0.2) is 0 Å². The Labute approximate surface area is 64.3 Å². The number of thiophene rings is 1. The molecule has 0 fully saturated rings. The minimum Gasteiger partial charge on any atom is -0.381 e. The molecule has 0 radical (unpaired) electrons. The molecule has 0 amide bonds. The maximum atomic E-state index is 8.78. The van der Waals surface area contributed by atoms with E-state index < -0.39 is 6.10 Å². The van der Waals surface area contributed by atoms with Crippen molar-refractivity contribution in [2.24, 2.45) is 0 Å². The van der Waals surface area contributed by atoms with Crippen LogP contribution in [0.25, 0.3) is 0 Å². The third kappa shape index (κ3) is 2.22. The van der Waals surface area contributed by atoms with Gasteiger partial charge >= 0.3 is 0 Å². The Morgan fingerprint density at radius 1 is 1.70 bits per heavy atom. The van der Waals surface area contributed by atoms with Crippen LogP contribution in [0.4, 0.5) is 0 Å². The Morgan fingerprint density at radius 3 is 3.00 bits per heavy atom. The quantitative estimate of drug-likeness (QED) is 0.558. The van der Waals surface area contributed by atoms with Crippen LogP contribution in [0.5, 0.6) is 0 Å². The molecule has 1 aromatic rings. The van der Waals surface area contributed by atoms with Crippen molar-refractivity contribution in [3.63, 3.8) is 0 Å². The standard InChI is InChI=1S/C8H8OS/c1-7(9)2-3-8-4-5-10-6-8/h4-7,9H,1H3/t7-/m1/s1. The molecule has 0 aliphatic heterocycles. The van der Waals surface area contributed by atoms with Crippen molar-refractivity contribution in [1.82, 2.24) is 0 Å². The van der Waals surface area contributed by atoms with E-state index in [1.807, 2.05) is 16.8 Å². The van der Waals surface area contributed by atoms with Crippen molar-refractivity contribution >= 4 is 11.3 Å². The van der Waals surface area contributed by atoms with E-state index >= 15 is 0 Å². The van der Waals surface area contributed by atoms with Crippen LogP contribution in [0.1, 0.15) is 12.5 Å². The molecule has 1 heterocycles. The van der Waals surface area contributed by atoms with Crippen LogP contribution in [-0.2, 0) is 0 Å². The average Bonchev–Trinajstić information content (AvgIpc) is 2.34. The first-order valence-corrected chi connectivity index (χ1v) is 3.95. The highest BCUT2D eigenvalue weighted by atomic mass is 32.1. The van der Waals surface area contributed by atoms with Crippen molar-refractivity contribution < 1.29 is 5.11 Å². The average molecular weight is 152 g/mol. The lowest BCUT2D eigenvalue weighted by Gasteiger charge is -1.85.